The molecule has 1 aromatic heterocycles. The molecular weight excluding hydrogens is 272 g/mol. The molecule has 0 amide bonds. The third-order valence-electron chi connectivity index (χ3n) is 3.35. The molecule has 4 nitrogen and oxygen atoms in total. The quantitative estimate of drug-likeness (QED) is 0.853. The molecule has 1 heterocycles. The van der Waals surface area contributed by atoms with Crippen LogP contribution in [0.2, 0.25) is 5.02 Å². The van der Waals surface area contributed by atoms with Crippen molar-refractivity contribution in [3.8, 4) is 0 Å². The second kappa shape index (κ2) is 7.41. The molecule has 1 N–H and O–H groups in total. The van der Waals surface area contributed by atoms with Gasteiger partial charge in [-0.15, -0.1) is 0 Å². The maximum absolute atomic E-state index is 5.96. The van der Waals surface area contributed by atoms with Crippen LogP contribution < -0.4 is 5.32 Å². The van der Waals surface area contributed by atoms with Gasteiger partial charge in [-0.05, 0) is 31.2 Å². The maximum Gasteiger partial charge on any atom is 0.138 e. The van der Waals surface area contributed by atoms with Crippen LogP contribution in [-0.2, 0) is 13.0 Å². The summed E-state index contributed by atoms with van der Waals surface area (Å²) in [6, 6.07) is 8.06. The number of likely N-dealkylation sites (N-methyl/N-ethyl adjacent to an activating group) is 1. The number of aromatic nitrogens is 3. The molecule has 0 aliphatic heterocycles. The number of nitrogens with zero attached hydrogens (tertiary/aromatic N) is 3. The van der Waals surface area contributed by atoms with Crippen LogP contribution in [0.4, 0.5) is 0 Å². The topological polar surface area (TPSA) is 42.7 Å². The first-order valence-corrected chi connectivity index (χ1v) is 7.39. The van der Waals surface area contributed by atoms with E-state index in [-0.39, 0.29) is 0 Å². The van der Waals surface area contributed by atoms with Gasteiger partial charge in [-0.2, -0.15) is 5.10 Å². The van der Waals surface area contributed by atoms with Crippen molar-refractivity contribution in [1.29, 1.82) is 0 Å². The van der Waals surface area contributed by atoms with Crippen LogP contribution in [0.25, 0.3) is 0 Å². The Balaban J connectivity index is 2.16. The van der Waals surface area contributed by atoms with Gasteiger partial charge >= 0.3 is 0 Å². The van der Waals surface area contributed by atoms with E-state index in [1.54, 1.807) is 6.33 Å². The first-order valence-electron chi connectivity index (χ1n) is 7.01. The van der Waals surface area contributed by atoms with Crippen molar-refractivity contribution in [3.05, 3.63) is 47.0 Å². The molecule has 20 heavy (non-hydrogen) atoms. The standard InChI is InChI=1S/C15H21ClN4/c1-3-8-20-15(18-11-19-20)9-13(10-17-2)12-4-6-14(16)7-5-12/h4-7,11,13,17H,3,8-10H2,1-2H3. The largest absolute Gasteiger partial charge is 0.319 e. The average Bonchev–Trinajstić information content (AvgIpc) is 2.87. The summed E-state index contributed by atoms with van der Waals surface area (Å²) in [6.45, 7) is 3.97. The minimum atomic E-state index is 0.372. The number of benzene rings is 1. The third-order valence-corrected chi connectivity index (χ3v) is 3.60. The lowest BCUT2D eigenvalue weighted by Gasteiger charge is -2.17. The van der Waals surface area contributed by atoms with E-state index in [2.05, 4.69) is 34.5 Å². The van der Waals surface area contributed by atoms with Crippen molar-refractivity contribution in [3.63, 3.8) is 0 Å². The van der Waals surface area contributed by atoms with E-state index in [0.717, 1.165) is 36.8 Å². The Morgan fingerprint density at radius 2 is 2.05 bits per heavy atom. The first kappa shape index (κ1) is 15.0. The van der Waals surface area contributed by atoms with E-state index >= 15 is 0 Å². The second-order valence-corrected chi connectivity index (χ2v) is 5.35. The summed E-state index contributed by atoms with van der Waals surface area (Å²) in [5.74, 6) is 1.42. The van der Waals surface area contributed by atoms with Gasteiger partial charge in [-0.1, -0.05) is 30.7 Å². The fourth-order valence-electron chi connectivity index (χ4n) is 2.35. The summed E-state index contributed by atoms with van der Waals surface area (Å²) in [5, 5.41) is 8.31. The van der Waals surface area contributed by atoms with Crippen LogP contribution >= 0.6 is 11.6 Å². The molecule has 5 heteroatoms. The fraction of sp³-hybridized carbons (Fsp3) is 0.467. The van der Waals surface area contributed by atoms with Gasteiger partial charge in [0.05, 0.1) is 0 Å². The van der Waals surface area contributed by atoms with Gasteiger partial charge in [-0.25, -0.2) is 4.98 Å². The lowest BCUT2D eigenvalue weighted by atomic mass is 9.95. The van der Waals surface area contributed by atoms with E-state index in [4.69, 9.17) is 11.6 Å². The molecule has 1 aromatic carbocycles. The number of hydrogen-bond donors (Lipinski definition) is 1. The SMILES string of the molecule is CCCn1ncnc1CC(CNC)c1ccc(Cl)cc1. The Morgan fingerprint density at radius 1 is 1.30 bits per heavy atom. The van der Waals surface area contributed by atoms with Crippen molar-refractivity contribution in [2.45, 2.75) is 32.2 Å². The van der Waals surface area contributed by atoms with Gasteiger partial charge in [0.2, 0.25) is 0 Å². The minimum absolute atomic E-state index is 0.372. The lowest BCUT2D eigenvalue weighted by molar-refractivity contribution is 0.534. The zero-order valence-electron chi connectivity index (χ0n) is 12.0. The number of nitrogens with one attached hydrogen (secondary N) is 1. The Kier molecular flexibility index (Phi) is 5.56. The molecule has 0 spiro atoms. The molecular formula is C15H21ClN4. The summed E-state index contributed by atoms with van der Waals surface area (Å²) < 4.78 is 2.00. The van der Waals surface area contributed by atoms with Crippen LogP contribution in [0.3, 0.4) is 0 Å². The molecule has 0 bridgehead atoms. The molecule has 0 aliphatic rings. The number of halogens is 1. The molecule has 0 saturated heterocycles. The zero-order valence-corrected chi connectivity index (χ0v) is 12.8. The Bertz CT molecular complexity index is 521. The summed E-state index contributed by atoms with van der Waals surface area (Å²) >= 11 is 5.96. The van der Waals surface area contributed by atoms with Crippen molar-refractivity contribution >= 4 is 11.6 Å². The van der Waals surface area contributed by atoms with E-state index in [0.29, 0.717) is 5.92 Å². The molecule has 0 radical (unpaired) electrons. The van der Waals surface area contributed by atoms with Crippen LogP contribution in [0.15, 0.2) is 30.6 Å². The molecule has 2 rings (SSSR count). The van der Waals surface area contributed by atoms with Gasteiger partial charge in [0.25, 0.3) is 0 Å². The first-order chi connectivity index (χ1) is 9.74. The number of rotatable bonds is 7. The number of aryl methyl sites for hydroxylation is 1. The zero-order chi connectivity index (χ0) is 14.4. The highest BCUT2D eigenvalue weighted by atomic mass is 35.5. The highest BCUT2D eigenvalue weighted by Crippen LogP contribution is 2.21. The van der Waals surface area contributed by atoms with E-state index in [1.165, 1.54) is 5.56 Å². The smallest absolute Gasteiger partial charge is 0.138 e. The van der Waals surface area contributed by atoms with Crippen molar-refractivity contribution < 1.29 is 0 Å². The predicted molar refractivity (Wildman–Crippen MR) is 82.1 cm³/mol. The Hall–Kier alpha value is -1.39. The normalized spacial score (nSPS) is 12.6. The summed E-state index contributed by atoms with van der Waals surface area (Å²) in [4.78, 5) is 4.40. The summed E-state index contributed by atoms with van der Waals surface area (Å²) in [7, 11) is 1.97. The summed E-state index contributed by atoms with van der Waals surface area (Å²) in [6.07, 6.45) is 3.58. The van der Waals surface area contributed by atoms with Crippen molar-refractivity contribution in [2.75, 3.05) is 13.6 Å². The highest BCUT2D eigenvalue weighted by Gasteiger charge is 2.15. The Morgan fingerprint density at radius 3 is 2.70 bits per heavy atom. The molecule has 1 atom stereocenters. The highest BCUT2D eigenvalue weighted by molar-refractivity contribution is 6.30. The fourth-order valence-corrected chi connectivity index (χ4v) is 2.48. The van der Waals surface area contributed by atoms with Crippen LogP contribution in [0, 0.1) is 0 Å². The van der Waals surface area contributed by atoms with Crippen LogP contribution in [0.5, 0.6) is 0 Å². The van der Waals surface area contributed by atoms with Gasteiger partial charge in [0, 0.05) is 30.5 Å². The van der Waals surface area contributed by atoms with Gasteiger partial charge < -0.3 is 5.32 Å². The molecule has 0 aliphatic carbocycles. The molecule has 2 aromatic rings. The van der Waals surface area contributed by atoms with Gasteiger partial charge in [-0.3, -0.25) is 4.68 Å². The van der Waals surface area contributed by atoms with E-state index in [9.17, 15) is 0 Å². The molecule has 0 fully saturated rings. The van der Waals surface area contributed by atoms with E-state index in [1.807, 2.05) is 23.9 Å². The van der Waals surface area contributed by atoms with Crippen LogP contribution in [0.1, 0.15) is 30.7 Å². The summed E-state index contributed by atoms with van der Waals surface area (Å²) in [5.41, 5.74) is 1.27. The molecule has 1 unspecified atom stereocenters. The van der Waals surface area contributed by atoms with Gasteiger partial charge in [0.15, 0.2) is 0 Å². The van der Waals surface area contributed by atoms with Crippen molar-refractivity contribution in [2.24, 2.45) is 0 Å². The maximum atomic E-state index is 5.96. The third kappa shape index (κ3) is 3.81. The molecule has 0 saturated carbocycles. The average molecular weight is 293 g/mol. The second-order valence-electron chi connectivity index (χ2n) is 4.91. The monoisotopic (exact) mass is 292 g/mol. The molecule has 108 valence electrons. The number of hydrogen-bond acceptors (Lipinski definition) is 3. The predicted octanol–water partition coefficient (Wildman–Crippen LogP) is 2.89. The van der Waals surface area contributed by atoms with Crippen LogP contribution in [-0.4, -0.2) is 28.4 Å². The minimum Gasteiger partial charge on any atom is -0.319 e. The lowest BCUT2D eigenvalue weighted by Crippen LogP contribution is -2.21. The van der Waals surface area contributed by atoms with Gasteiger partial charge in [0.1, 0.15) is 12.2 Å². The van der Waals surface area contributed by atoms with E-state index < -0.39 is 0 Å². The van der Waals surface area contributed by atoms with Crippen molar-refractivity contribution in [1.82, 2.24) is 20.1 Å². The Labute approximate surface area is 125 Å².